The van der Waals surface area contributed by atoms with Gasteiger partial charge in [-0.05, 0) is 40.0 Å². The molecule has 3 heteroatoms. The average molecular weight is 226 g/mol. The van der Waals surface area contributed by atoms with Crippen LogP contribution in [0.3, 0.4) is 0 Å². The molecule has 1 saturated carbocycles. The molecular formula is C13H26N2O. The molecule has 2 fully saturated rings. The monoisotopic (exact) mass is 226 g/mol. The van der Waals surface area contributed by atoms with E-state index in [1.807, 2.05) is 0 Å². The lowest BCUT2D eigenvalue weighted by atomic mass is 10.1. The summed E-state index contributed by atoms with van der Waals surface area (Å²) >= 11 is 0. The fourth-order valence-electron chi connectivity index (χ4n) is 2.86. The average Bonchev–Trinajstić information content (AvgIpc) is 2.64. The highest BCUT2D eigenvalue weighted by atomic mass is 16.5. The Hall–Kier alpha value is -0.120. The summed E-state index contributed by atoms with van der Waals surface area (Å²) in [4.78, 5) is 2.62. The minimum absolute atomic E-state index is 0.237. The normalized spacial score (nSPS) is 31.7. The van der Waals surface area contributed by atoms with E-state index in [9.17, 15) is 0 Å². The Balaban J connectivity index is 1.76. The predicted octanol–water partition coefficient (Wildman–Crippen LogP) is 1.63. The van der Waals surface area contributed by atoms with E-state index in [0.29, 0.717) is 12.1 Å². The van der Waals surface area contributed by atoms with Gasteiger partial charge in [-0.25, -0.2) is 0 Å². The zero-order chi connectivity index (χ0) is 11.6. The molecule has 1 saturated heterocycles. The number of rotatable bonds is 3. The molecule has 0 amide bonds. The van der Waals surface area contributed by atoms with Gasteiger partial charge in [0.05, 0.1) is 12.7 Å². The number of hydrogen-bond donors (Lipinski definition) is 1. The number of morpholine rings is 1. The maximum Gasteiger partial charge on any atom is 0.0730 e. The second-order valence-corrected chi connectivity index (χ2v) is 6.12. The van der Waals surface area contributed by atoms with Gasteiger partial charge in [0.15, 0.2) is 0 Å². The first-order valence-electron chi connectivity index (χ1n) is 6.67. The third-order valence-electron chi connectivity index (χ3n) is 3.65. The Morgan fingerprint density at radius 1 is 1.31 bits per heavy atom. The van der Waals surface area contributed by atoms with Gasteiger partial charge < -0.3 is 10.1 Å². The molecule has 0 bridgehead atoms. The van der Waals surface area contributed by atoms with E-state index in [2.05, 4.69) is 31.0 Å². The lowest BCUT2D eigenvalue weighted by Crippen LogP contribution is -2.51. The number of nitrogens with one attached hydrogen (secondary N) is 1. The topological polar surface area (TPSA) is 24.5 Å². The lowest BCUT2D eigenvalue weighted by molar-refractivity contribution is -0.0551. The molecule has 2 atom stereocenters. The van der Waals surface area contributed by atoms with E-state index in [0.717, 1.165) is 19.7 Å². The molecule has 0 spiro atoms. The molecular weight excluding hydrogens is 200 g/mol. The van der Waals surface area contributed by atoms with Gasteiger partial charge in [-0.3, -0.25) is 4.90 Å². The maximum absolute atomic E-state index is 5.82. The van der Waals surface area contributed by atoms with Crippen LogP contribution >= 0.6 is 0 Å². The van der Waals surface area contributed by atoms with Crippen molar-refractivity contribution in [3.8, 4) is 0 Å². The predicted molar refractivity (Wildman–Crippen MR) is 66.7 cm³/mol. The largest absolute Gasteiger partial charge is 0.375 e. The summed E-state index contributed by atoms with van der Waals surface area (Å²) in [6.07, 6.45) is 4.48. The van der Waals surface area contributed by atoms with Gasteiger partial charge in [0.1, 0.15) is 0 Å². The van der Waals surface area contributed by atoms with E-state index >= 15 is 0 Å². The molecule has 0 aromatic carbocycles. The van der Waals surface area contributed by atoms with Gasteiger partial charge in [-0.1, -0.05) is 0 Å². The van der Waals surface area contributed by atoms with Crippen LogP contribution in [0.2, 0.25) is 0 Å². The molecule has 2 rings (SSSR count). The van der Waals surface area contributed by atoms with Crippen LogP contribution in [0.25, 0.3) is 0 Å². The fraction of sp³-hybridized carbons (Fsp3) is 1.00. The zero-order valence-electron chi connectivity index (χ0n) is 11.0. The van der Waals surface area contributed by atoms with Gasteiger partial charge in [0.25, 0.3) is 0 Å². The van der Waals surface area contributed by atoms with Crippen molar-refractivity contribution in [3.63, 3.8) is 0 Å². The van der Waals surface area contributed by atoms with Gasteiger partial charge >= 0.3 is 0 Å². The first-order valence-corrected chi connectivity index (χ1v) is 6.67. The molecule has 1 aliphatic heterocycles. The van der Waals surface area contributed by atoms with E-state index in [4.69, 9.17) is 4.74 Å². The summed E-state index contributed by atoms with van der Waals surface area (Å²) < 4.78 is 5.82. The number of fused-ring (bicyclic) bond motifs is 1. The summed E-state index contributed by atoms with van der Waals surface area (Å²) in [6, 6.07) is 0.704. The van der Waals surface area contributed by atoms with Crippen LogP contribution in [0, 0.1) is 0 Å². The highest BCUT2D eigenvalue weighted by molar-refractivity contribution is 4.89. The molecule has 2 unspecified atom stereocenters. The molecule has 0 aromatic rings. The SMILES string of the molecule is CC(C)(C)NCCN1CCOC2CCCC21. The number of hydrogen-bond acceptors (Lipinski definition) is 3. The third-order valence-corrected chi connectivity index (χ3v) is 3.65. The maximum atomic E-state index is 5.82. The number of ether oxygens (including phenoxy) is 1. The Bertz CT molecular complexity index is 224. The molecule has 1 N–H and O–H groups in total. The van der Waals surface area contributed by atoms with Gasteiger partial charge in [0, 0.05) is 31.2 Å². The third kappa shape index (κ3) is 3.19. The minimum atomic E-state index is 0.237. The zero-order valence-corrected chi connectivity index (χ0v) is 11.0. The second kappa shape index (κ2) is 5.03. The molecule has 0 aromatic heterocycles. The van der Waals surface area contributed by atoms with E-state index in [1.165, 1.54) is 25.8 Å². The van der Waals surface area contributed by atoms with Crippen LogP contribution in [0.1, 0.15) is 40.0 Å². The molecule has 2 aliphatic rings. The van der Waals surface area contributed by atoms with Crippen LogP contribution in [0.4, 0.5) is 0 Å². The highest BCUT2D eigenvalue weighted by Gasteiger charge is 2.35. The Kier molecular flexibility index (Phi) is 3.88. The Morgan fingerprint density at radius 2 is 2.12 bits per heavy atom. The van der Waals surface area contributed by atoms with E-state index < -0.39 is 0 Å². The van der Waals surface area contributed by atoms with Crippen LogP contribution < -0.4 is 5.32 Å². The van der Waals surface area contributed by atoms with Crippen molar-refractivity contribution >= 4 is 0 Å². The standard InChI is InChI=1S/C13H26N2O/c1-13(2,3)14-7-8-15-9-10-16-12-6-4-5-11(12)15/h11-12,14H,4-10H2,1-3H3. The minimum Gasteiger partial charge on any atom is -0.375 e. The van der Waals surface area contributed by atoms with Crippen molar-refractivity contribution in [2.75, 3.05) is 26.2 Å². The molecule has 1 aliphatic carbocycles. The smallest absolute Gasteiger partial charge is 0.0730 e. The van der Waals surface area contributed by atoms with Crippen molar-refractivity contribution in [3.05, 3.63) is 0 Å². The Labute approximate surface area is 99.5 Å². The molecule has 3 nitrogen and oxygen atoms in total. The van der Waals surface area contributed by atoms with Crippen molar-refractivity contribution in [2.45, 2.75) is 57.7 Å². The van der Waals surface area contributed by atoms with Crippen molar-refractivity contribution in [2.24, 2.45) is 0 Å². The summed E-state index contributed by atoms with van der Waals surface area (Å²) in [5, 5.41) is 3.57. The van der Waals surface area contributed by atoms with Crippen molar-refractivity contribution in [1.29, 1.82) is 0 Å². The van der Waals surface area contributed by atoms with Gasteiger partial charge in [-0.15, -0.1) is 0 Å². The number of nitrogens with zero attached hydrogens (tertiary/aromatic N) is 1. The van der Waals surface area contributed by atoms with Crippen molar-refractivity contribution in [1.82, 2.24) is 10.2 Å². The van der Waals surface area contributed by atoms with Crippen LogP contribution in [-0.2, 0) is 4.74 Å². The van der Waals surface area contributed by atoms with Crippen LogP contribution in [0.5, 0.6) is 0 Å². The molecule has 16 heavy (non-hydrogen) atoms. The first-order chi connectivity index (χ1) is 7.56. The van der Waals surface area contributed by atoms with Gasteiger partial charge in [-0.2, -0.15) is 0 Å². The van der Waals surface area contributed by atoms with Crippen LogP contribution in [-0.4, -0.2) is 48.8 Å². The summed E-state index contributed by atoms with van der Waals surface area (Å²) in [5.74, 6) is 0. The summed E-state index contributed by atoms with van der Waals surface area (Å²) in [6.45, 7) is 11.0. The molecule has 0 radical (unpaired) electrons. The van der Waals surface area contributed by atoms with Crippen molar-refractivity contribution < 1.29 is 4.74 Å². The van der Waals surface area contributed by atoms with E-state index in [-0.39, 0.29) is 5.54 Å². The summed E-state index contributed by atoms with van der Waals surface area (Å²) in [5.41, 5.74) is 0.237. The lowest BCUT2D eigenvalue weighted by Gasteiger charge is -2.38. The summed E-state index contributed by atoms with van der Waals surface area (Å²) in [7, 11) is 0. The highest BCUT2D eigenvalue weighted by Crippen LogP contribution is 2.29. The van der Waals surface area contributed by atoms with Crippen LogP contribution in [0.15, 0.2) is 0 Å². The first kappa shape index (κ1) is 12.3. The molecule has 94 valence electrons. The second-order valence-electron chi connectivity index (χ2n) is 6.12. The molecule has 1 heterocycles. The Morgan fingerprint density at radius 3 is 2.88 bits per heavy atom. The quantitative estimate of drug-likeness (QED) is 0.791. The van der Waals surface area contributed by atoms with Gasteiger partial charge in [0.2, 0.25) is 0 Å². The van der Waals surface area contributed by atoms with E-state index in [1.54, 1.807) is 0 Å². The fourth-order valence-corrected chi connectivity index (χ4v) is 2.86.